The second-order valence-corrected chi connectivity index (χ2v) is 8.03. The highest BCUT2D eigenvalue weighted by molar-refractivity contribution is 5.90. The number of para-hydroxylation sites is 2. The summed E-state index contributed by atoms with van der Waals surface area (Å²) in [6.07, 6.45) is 3.60. The summed E-state index contributed by atoms with van der Waals surface area (Å²) in [5, 5.41) is 0. The van der Waals surface area contributed by atoms with Crippen LogP contribution in [0.1, 0.15) is 50.1 Å². The highest BCUT2D eigenvalue weighted by Crippen LogP contribution is 2.58. The number of hydrogen-bond acceptors (Lipinski definition) is 3. The van der Waals surface area contributed by atoms with Crippen LogP contribution in [0.2, 0.25) is 0 Å². The first-order valence-electron chi connectivity index (χ1n) is 8.79. The molecule has 5 rings (SSSR count). The minimum Gasteiger partial charge on any atom is -0.293 e. The summed E-state index contributed by atoms with van der Waals surface area (Å²) < 4.78 is 0. The monoisotopic (exact) mass is 327 g/mol. The van der Waals surface area contributed by atoms with Gasteiger partial charge in [0.15, 0.2) is 5.82 Å². The molecule has 0 N–H and O–H groups in total. The molecule has 124 valence electrons. The molecule has 2 aromatic carbocycles. The summed E-state index contributed by atoms with van der Waals surface area (Å²) in [6.45, 7) is 9.14. The van der Waals surface area contributed by atoms with Crippen molar-refractivity contribution in [3.8, 4) is 0 Å². The molecule has 2 aliphatic rings. The fraction of sp³-hybridized carbons (Fsp3) is 0.273. The largest absolute Gasteiger partial charge is 0.293 e. The molecule has 0 unspecified atom stereocenters. The highest BCUT2D eigenvalue weighted by Gasteiger charge is 2.46. The summed E-state index contributed by atoms with van der Waals surface area (Å²) >= 11 is 0. The third-order valence-electron chi connectivity index (χ3n) is 5.91. The van der Waals surface area contributed by atoms with Crippen LogP contribution in [-0.2, 0) is 10.8 Å². The van der Waals surface area contributed by atoms with E-state index in [0.717, 1.165) is 11.5 Å². The van der Waals surface area contributed by atoms with Crippen LogP contribution in [0.25, 0.3) is 0 Å². The molecule has 0 saturated heterocycles. The van der Waals surface area contributed by atoms with Gasteiger partial charge in [-0.05, 0) is 36.6 Å². The lowest BCUT2D eigenvalue weighted by atomic mass is 9.68. The number of rotatable bonds is 0. The fourth-order valence-corrected chi connectivity index (χ4v) is 4.54. The summed E-state index contributed by atoms with van der Waals surface area (Å²) in [6, 6.07) is 15.4. The molecule has 0 radical (unpaired) electrons. The Labute approximate surface area is 148 Å². The van der Waals surface area contributed by atoms with Gasteiger partial charge in [-0.15, -0.1) is 0 Å². The molecular formula is C22H21N3. The van der Waals surface area contributed by atoms with Crippen LogP contribution in [0.5, 0.6) is 0 Å². The van der Waals surface area contributed by atoms with Gasteiger partial charge in [0, 0.05) is 23.2 Å². The van der Waals surface area contributed by atoms with Crippen molar-refractivity contribution >= 4 is 17.2 Å². The number of nitrogens with zero attached hydrogens (tertiary/aromatic N) is 3. The van der Waals surface area contributed by atoms with Crippen LogP contribution in [0, 0.1) is 0 Å². The van der Waals surface area contributed by atoms with E-state index in [-0.39, 0.29) is 10.8 Å². The Bertz CT molecular complexity index is 940. The van der Waals surface area contributed by atoms with Crippen molar-refractivity contribution in [1.29, 1.82) is 0 Å². The highest BCUT2D eigenvalue weighted by atomic mass is 15.2. The summed E-state index contributed by atoms with van der Waals surface area (Å²) in [7, 11) is 0. The van der Waals surface area contributed by atoms with Crippen LogP contribution in [0.15, 0.2) is 54.9 Å². The average molecular weight is 327 g/mol. The second-order valence-electron chi connectivity index (χ2n) is 8.03. The van der Waals surface area contributed by atoms with E-state index in [1.54, 1.807) is 12.4 Å². The van der Waals surface area contributed by atoms with Crippen LogP contribution >= 0.6 is 0 Å². The first-order valence-corrected chi connectivity index (χ1v) is 8.79. The lowest BCUT2D eigenvalue weighted by Gasteiger charge is -2.48. The first-order chi connectivity index (χ1) is 11.9. The molecule has 3 nitrogen and oxygen atoms in total. The fourth-order valence-electron chi connectivity index (χ4n) is 4.54. The molecular weight excluding hydrogens is 306 g/mol. The smallest absolute Gasteiger partial charge is 0.160 e. The number of aromatic nitrogens is 2. The summed E-state index contributed by atoms with van der Waals surface area (Å²) in [4.78, 5) is 11.8. The van der Waals surface area contributed by atoms with Gasteiger partial charge >= 0.3 is 0 Å². The van der Waals surface area contributed by atoms with Gasteiger partial charge in [0.2, 0.25) is 0 Å². The Kier molecular flexibility index (Phi) is 2.63. The van der Waals surface area contributed by atoms with E-state index in [4.69, 9.17) is 9.97 Å². The van der Waals surface area contributed by atoms with Crippen molar-refractivity contribution in [3.63, 3.8) is 0 Å². The van der Waals surface area contributed by atoms with E-state index in [0.29, 0.717) is 0 Å². The number of anilines is 3. The van der Waals surface area contributed by atoms with Gasteiger partial charge in [-0.3, -0.25) is 9.88 Å². The Morgan fingerprint density at radius 3 is 2.16 bits per heavy atom. The molecule has 0 atom stereocenters. The van der Waals surface area contributed by atoms with Crippen LogP contribution in [0.3, 0.4) is 0 Å². The van der Waals surface area contributed by atoms with Crippen LogP contribution in [-0.4, -0.2) is 9.97 Å². The van der Waals surface area contributed by atoms with Gasteiger partial charge in [-0.25, -0.2) is 4.98 Å². The summed E-state index contributed by atoms with van der Waals surface area (Å²) in [5.41, 5.74) is 7.31. The third kappa shape index (κ3) is 1.66. The first kappa shape index (κ1) is 14.6. The number of hydrogen-bond donors (Lipinski definition) is 0. The van der Waals surface area contributed by atoms with Gasteiger partial charge < -0.3 is 0 Å². The molecule has 0 aliphatic carbocycles. The van der Waals surface area contributed by atoms with Gasteiger partial charge in [0.1, 0.15) is 0 Å². The molecule has 25 heavy (non-hydrogen) atoms. The van der Waals surface area contributed by atoms with Gasteiger partial charge in [0.25, 0.3) is 0 Å². The molecule has 0 amide bonds. The topological polar surface area (TPSA) is 29.0 Å². The van der Waals surface area contributed by atoms with E-state index in [2.05, 4.69) is 75.1 Å². The lowest BCUT2D eigenvalue weighted by molar-refractivity contribution is 0.580. The maximum atomic E-state index is 4.75. The van der Waals surface area contributed by atoms with E-state index >= 15 is 0 Å². The predicted octanol–water partition coefficient (Wildman–Crippen LogP) is 5.23. The quantitative estimate of drug-likeness (QED) is 0.566. The molecule has 3 heterocycles. The van der Waals surface area contributed by atoms with Crippen molar-refractivity contribution in [2.24, 2.45) is 0 Å². The molecule has 1 aromatic heterocycles. The Hall–Kier alpha value is -2.68. The van der Waals surface area contributed by atoms with Crippen molar-refractivity contribution in [2.45, 2.75) is 38.5 Å². The van der Waals surface area contributed by atoms with E-state index < -0.39 is 0 Å². The van der Waals surface area contributed by atoms with E-state index in [1.165, 1.54) is 28.1 Å². The normalized spacial score (nSPS) is 18.2. The lowest BCUT2D eigenvalue weighted by Crippen LogP contribution is -2.39. The zero-order valence-electron chi connectivity index (χ0n) is 15.0. The average Bonchev–Trinajstić information content (AvgIpc) is 2.61. The Balaban J connectivity index is 1.97. The van der Waals surface area contributed by atoms with Gasteiger partial charge in [-0.1, -0.05) is 50.2 Å². The standard InChI is InChI=1S/C22H21N3/c1-21(2)14-8-5-6-11-17(14)25-18-15(21)9-7-10-16(18)22(3,4)19-20(25)24-13-12-23-19/h5-13H,1-4H3. The zero-order chi connectivity index (χ0) is 17.4. The van der Waals surface area contributed by atoms with E-state index in [9.17, 15) is 0 Å². The third-order valence-corrected chi connectivity index (χ3v) is 5.91. The molecule has 0 saturated carbocycles. The predicted molar refractivity (Wildman–Crippen MR) is 101 cm³/mol. The minimum absolute atomic E-state index is 0.0474. The van der Waals surface area contributed by atoms with E-state index in [1.807, 2.05) is 0 Å². The molecule has 3 heteroatoms. The number of fused-ring (bicyclic) bond motifs is 4. The molecule has 0 fully saturated rings. The minimum atomic E-state index is -0.173. The molecule has 0 spiro atoms. The van der Waals surface area contributed by atoms with Crippen molar-refractivity contribution < 1.29 is 0 Å². The Morgan fingerprint density at radius 1 is 0.720 bits per heavy atom. The van der Waals surface area contributed by atoms with Crippen molar-refractivity contribution in [3.05, 3.63) is 77.2 Å². The maximum Gasteiger partial charge on any atom is 0.160 e. The van der Waals surface area contributed by atoms with Crippen LogP contribution < -0.4 is 4.90 Å². The van der Waals surface area contributed by atoms with Crippen molar-refractivity contribution in [2.75, 3.05) is 4.90 Å². The summed E-state index contributed by atoms with van der Waals surface area (Å²) in [5.74, 6) is 0.954. The Morgan fingerprint density at radius 2 is 1.36 bits per heavy atom. The van der Waals surface area contributed by atoms with Crippen LogP contribution in [0.4, 0.5) is 17.2 Å². The number of benzene rings is 2. The van der Waals surface area contributed by atoms with Crippen molar-refractivity contribution in [1.82, 2.24) is 9.97 Å². The molecule has 3 aromatic rings. The van der Waals surface area contributed by atoms with Gasteiger partial charge in [-0.2, -0.15) is 0 Å². The molecule has 0 bridgehead atoms. The maximum absolute atomic E-state index is 4.75. The van der Waals surface area contributed by atoms with Gasteiger partial charge in [0.05, 0.1) is 17.1 Å². The SMILES string of the molecule is CC1(C)c2ccccc2N2c3nccnc3C(C)(C)c3cccc1c32. The zero-order valence-corrected chi connectivity index (χ0v) is 15.0. The molecule has 2 aliphatic heterocycles. The second kappa shape index (κ2) is 4.48.